The number of nitrogens with one attached hydrogen (secondary N) is 1. The molecule has 1 aromatic heterocycles. The van der Waals surface area contributed by atoms with Crippen LogP contribution in [-0.2, 0) is 27.9 Å². The fourth-order valence-corrected chi connectivity index (χ4v) is 3.49. The first-order valence-electron chi connectivity index (χ1n) is 6.48. The second-order valence-electron chi connectivity index (χ2n) is 4.59. The molecule has 2 rings (SSSR count). The molecule has 2 aromatic rings. The van der Waals surface area contributed by atoms with Crippen molar-refractivity contribution in [1.29, 1.82) is 0 Å². The Balaban J connectivity index is 1.87. The van der Waals surface area contributed by atoms with Crippen molar-refractivity contribution in [2.45, 2.75) is 24.5 Å². The van der Waals surface area contributed by atoms with Crippen LogP contribution in [0.25, 0.3) is 0 Å². The molecule has 0 aliphatic carbocycles. The van der Waals surface area contributed by atoms with Crippen molar-refractivity contribution in [3.63, 3.8) is 0 Å². The summed E-state index contributed by atoms with van der Waals surface area (Å²) in [6, 6.07) is 9.80. The summed E-state index contributed by atoms with van der Waals surface area (Å²) < 4.78 is 25.2. The van der Waals surface area contributed by atoms with E-state index in [1.807, 2.05) is 17.5 Å². The highest BCUT2D eigenvalue weighted by molar-refractivity contribution is 7.85. The first kappa shape index (κ1) is 15.9. The van der Waals surface area contributed by atoms with E-state index in [4.69, 9.17) is 0 Å². The van der Waals surface area contributed by atoms with Gasteiger partial charge in [0.2, 0.25) is 5.91 Å². The van der Waals surface area contributed by atoms with E-state index in [1.165, 1.54) is 12.1 Å². The molecule has 1 amide bonds. The minimum Gasteiger partial charge on any atom is -0.350 e. The summed E-state index contributed by atoms with van der Waals surface area (Å²) >= 11 is 1.56. The Labute approximate surface area is 129 Å². The van der Waals surface area contributed by atoms with Gasteiger partial charge in [-0.3, -0.25) is 9.00 Å². The predicted molar refractivity (Wildman–Crippen MR) is 83.9 cm³/mol. The third kappa shape index (κ3) is 4.75. The Morgan fingerprint density at radius 3 is 2.86 bits per heavy atom. The molecule has 0 saturated heterocycles. The maximum atomic E-state index is 13.1. The quantitative estimate of drug-likeness (QED) is 0.888. The standard InChI is InChI=1S/C15H16FNO2S2/c1-11(15(18)17-9-14-6-3-7-20-14)21(19)10-12-4-2-5-13(16)8-12/h2-8,11H,9-10H2,1H3,(H,17,18). The van der Waals surface area contributed by atoms with Crippen molar-refractivity contribution in [2.24, 2.45) is 0 Å². The number of rotatable bonds is 6. The fraction of sp³-hybridized carbons (Fsp3) is 0.267. The van der Waals surface area contributed by atoms with Crippen molar-refractivity contribution in [3.05, 3.63) is 58.0 Å². The van der Waals surface area contributed by atoms with Gasteiger partial charge in [0.25, 0.3) is 0 Å². The maximum Gasteiger partial charge on any atom is 0.235 e. The molecular formula is C15H16FNO2S2. The summed E-state index contributed by atoms with van der Waals surface area (Å²) in [6.07, 6.45) is 0. The zero-order valence-corrected chi connectivity index (χ0v) is 13.2. The molecule has 0 aliphatic heterocycles. The molecule has 0 radical (unpaired) electrons. The zero-order chi connectivity index (χ0) is 15.2. The van der Waals surface area contributed by atoms with E-state index in [9.17, 15) is 13.4 Å². The molecule has 6 heteroatoms. The van der Waals surface area contributed by atoms with Crippen LogP contribution in [-0.4, -0.2) is 15.4 Å². The van der Waals surface area contributed by atoms with Crippen molar-refractivity contribution in [3.8, 4) is 0 Å². The molecular weight excluding hydrogens is 309 g/mol. The Morgan fingerprint density at radius 1 is 1.38 bits per heavy atom. The molecule has 1 N–H and O–H groups in total. The highest BCUT2D eigenvalue weighted by Gasteiger charge is 2.20. The summed E-state index contributed by atoms with van der Waals surface area (Å²) in [4.78, 5) is 13.0. The van der Waals surface area contributed by atoms with Crippen LogP contribution in [0.2, 0.25) is 0 Å². The average Bonchev–Trinajstić information content (AvgIpc) is 2.97. The van der Waals surface area contributed by atoms with Crippen molar-refractivity contribution in [1.82, 2.24) is 5.32 Å². The van der Waals surface area contributed by atoms with E-state index in [-0.39, 0.29) is 17.5 Å². The monoisotopic (exact) mass is 325 g/mol. The highest BCUT2D eigenvalue weighted by Crippen LogP contribution is 2.11. The zero-order valence-electron chi connectivity index (χ0n) is 11.5. The second kappa shape index (κ2) is 7.47. The van der Waals surface area contributed by atoms with Gasteiger partial charge in [0.05, 0.1) is 6.54 Å². The number of amides is 1. The third-order valence-corrected chi connectivity index (χ3v) is 5.48. The molecule has 1 heterocycles. The van der Waals surface area contributed by atoms with Crippen LogP contribution in [0.15, 0.2) is 41.8 Å². The lowest BCUT2D eigenvalue weighted by Crippen LogP contribution is -2.35. The lowest BCUT2D eigenvalue weighted by molar-refractivity contribution is -0.120. The van der Waals surface area contributed by atoms with Crippen molar-refractivity contribution < 1.29 is 13.4 Å². The third-order valence-electron chi connectivity index (χ3n) is 2.98. The van der Waals surface area contributed by atoms with E-state index < -0.39 is 16.0 Å². The first-order valence-corrected chi connectivity index (χ1v) is 8.74. The number of carbonyl (C=O) groups excluding carboxylic acids is 1. The smallest absolute Gasteiger partial charge is 0.235 e. The lowest BCUT2D eigenvalue weighted by Gasteiger charge is -2.12. The Bertz CT molecular complexity index is 628. The number of carbonyl (C=O) groups is 1. The molecule has 2 atom stereocenters. The van der Waals surface area contributed by atoms with Gasteiger partial charge in [0, 0.05) is 21.4 Å². The van der Waals surface area contributed by atoms with Gasteiger partial charge in [0.1, 0.15) is 11.1 Å². The van der Waals surface area contributed by atoms with Crippen LogP contribution >= 0.6 is 11.3 Å². The van der Waals surface area contributed by atoms with Crippen LogP contribution < -0.4 is 5.32 Å². The Kier molecular flexibility index (Phi) is 5.64. The van der Waals surface area contributed by atoms with E-state index >= 15 is 0 Å². The molecule has 3 nitrogen and oxygen atoms in total. The molecule has 0 saturated carbocycles. The van der Waals surface area contributed by atoms with Gasteiger partial charge in [-0.15, -0.1) is 11.3 Å². The van der Waals surface area contributed by atoms with Gasteiger partial charge in [-0.05, 0) is 36.1 Å². The maximum absolute atomic E-state index is 13.1. The summed E-state index contributed by atoms with van der Waals surface area (Å²) in [5, 5.41) is 4.07. The molecule has 112 valence electrons. The largest absolute Gasteiger partial charge is 0.350 e. The molecule has 0 bridgehead atoms. The van der Waals surface area contributed by atoms with Crippen LogP contribution in [0.3, 0.4) is 0 Å². The van der Waals surface area contributed by atoms with Crippen molar-refractivity contribution in [2.75, 3.05) is 0 Å². The van der Waals surface area contributed by atoms with Gasteiger partial charge in [-0.2, -0.15) is 0 Å². The fourth-order valence-electron chi connectivity index (χ4n) is 1.77. The van der Waals surface area contributed by atoms with Gasteiger partial charge < -0.3 is 5.32 Å². The van der Waals surface area contributed by atoms with Crippen LogP contribution in [0.5, 0.6) is 0 Å². The SMILES string of the molecule is CC(C(=O)NCc1cccs1)S(=O)Cc1cccc(F)c1. The van der Waals surface area contributed by atoms with E-state index in [0.717, 1.165) is 4.88 Å². The molecule has 1 aromatic carbocycles. The molecule has 2 unspecified atom stereocenters. The number of hydrogen-bond donors (Lipinski definition) is 1. The second-order valence-corrected chi connectivity index (χ2v) is 7.38. The average molecular weight is 325 g/mol. The summed E-state index contributed by atoms with van der Waals surface area (Å²) in [6.45, 7) is 2.07. The van der Waals surface area contributed by atoms with Crippen molar-refractivity contribution >= 4 is 28.0 Å². The van der Waals surface area contributed by atoms with E-state index in [0.29, 0.717) is 12.1 Å². The molecule has 21 heavy (non-hydrogen) atoms. The Morgan fingerprint density at radius 2 is 2.19 bits per heavy atom. The molecule has 0 spiro atoms. The van der Waals surface area contributed by atoms with Crippen LogP contribution in [0.1, 0.15) is 17.4 Å². The number of thiophene rings is 1. The van der Waals surface area contributed by atoms with E-state index in [1.54, 1.807) is 30.4 Å². The normalized spacial score (nSPS) is 13.6. The Hall–Kier alpha value is -1.53. The number of benzene rings is 1. The predicted octanol–water partition coefficient (Wildman–Crippen LogP) is 2.84. The molecule has 0 aliphatic rings. The van der Waals surface area contributed by atoms with Gasteiger partial charge in [-0.25, -0.2) is 4.39 Å². The van der Waals surface area contributed by atoms with E-state index in [2.05, 4.69) is 5.32 Å². The first-order chi connectivity index (χ1) is 10.1. The minimum atomic E-state index is -1.38. The van der Waals surface area contributed by atoms with Gasteiger partial charge in [-0.1, -0.05) is 18.2 Å². The summed E-state index contributed by atoms with van der Waals surface area (Å²) in [5.41, 5.74) is 0.631. The van der Waals surface area contributed by atoms with Gasteiger partial charge in [0.15, 0.2) is 0 Å². The summed E-state index contributed by atoms with van der Waals surface area (Å²) in [7, 11) is -1.38. The van der Waals surface area contributed by atoms with Crippen LogP contribution in [0.4, 0.5) is 4.39 Å². The lowest BCUT2D eigenvalue weighted by atomic mass is 10.2. The van der Waals surface area contributed by atoms with Crippen LogP contribution in [0, 0.1) is 5.82 Å². The minimum absolute atomic E-state index is 0.172. The van der Waals surface area contributed by atoms with Gasteiger partial charge >= 0.3 is 0 Å². The highest BCUT2D eigenvalue weighted by atomic mass is 32.2. The number of hydrogen-bond acceptors (Lipinski definition) is 3. The molecule has 0 fully saturated rings. The number of halogens is 1. The summed E-state index contributed by atoms with van der Waals surface area (Å²) in [5.74, 6) is -0.442. The topological polar surface area (TPSA) is 46.2 Å².